The van der Waals surface area contributed by atoms with Crippen molar-refractivity contribution in [1.29, 1.82) is 0 Å². The van der Waals surface area contributed by atoms with Crippen LogP contribution in [0.3, 0.4) is 0 Å². The third-order valence-corrected chi connectivity index (χ3v) is 5.04. The van der Waals surface area contributed by atoms with Crippen molar-refractivity contribution in [3.63, 3.8) is 0 Å². The number of hydrogen-bond acceptors (Lipinski definition) is 3. The lowest BCUT2D eigenvalue weighted by atomic mass is 9.83. The average molecular weight is 292 g/mol. The average Bonchev–Trinajstić information content (AvgIpc) is 2.97. The van der Waals surface area contributed by atoms with Crippen LogP contribution in [-0.2, 0) is 11.3 Å². The summed E-state index contributed by atoms with van der Waals surface area (Å²) in [5, 5.41) is 3.33. The molecule has 4 heteroatoms. The molecule has 1 amide bonds. The summed E-state index contributed by atoms with van der Waals surface area (Å²) in [6.45, 7) is 4.58. The Bertz CT molecular complexity index is 452. The molecule has 1 aromatic rings. The fourth-order valence-corrected chi connectivity index (χ4v) is 3.27. The highest BCUT2D eigenvalue weighted by atomic mass is 32.2. The third kappa shape index (κ3) is 3.18. The van der Waals surface area contributed by atoms with Crippen LogP contribution in [0.4, 0.5) is 0 Å². The molecule has 1 N–H and O–H groups in total. The topological polar surface area (TPSA) is 32.3 Å². The van der Waals surface area contributed by atoms with E-state index in [1.165, 1.54) is 10.5 Å². The minimum atomic E-state index is -0.187. The Balaban J connectivity index is 2.03. The van der Waals surface area contributed by atoms with Gasteiger partial charge in [-0.1, -0.05) is 19.1 Å². The molecule has 0 saturated carbocycles. The van der Waals surface area contributed by atoms with Gasteiger partial charge in [0.15, 0.2) is 0 Å². The summed E-state index contributed by atoms with van der Waals surface area (Å²) in [5.74, 6) is 0.277. The van der Waals surface area contributed by atoms with E-state index in [-0.39, 0.29) is 11.3 Å². The van der Waals surface area contributed by atoms with Gasteiger partial charge in [-0.2, -0.15) is 0 Å². The van der Waals surface area contributed by atoms with Crippen LogP contribution >= 0.6 is 11.8 Å². The van der Waals surface area contributed by atoms with E-state index in [9.17, 15) is 4.79 Å². The zero-order valence-corrected chi connectivity index (χ0v) is 13.4. The lowest BCUT2D eigenvalue weighted by Gasteiger charge is -2.31. The Morgan fingerprint density at radius 3 is 2.60 bits per heavy atom. The number of thioether (sulfide) groups is 1. The molecule has 0 aromatic heterocycles. The van der Waals surface area contributed by atoms with Crippen molar-refractivity contribution in [3.8, 4) is 0 Å². The summed E-state index contributed by atoms with van der Waals surface area (Å²) in [4.78, 5) is 15.8. The fourth-order valence-electron chi connectivity index (χ4n) is 2.86. The van der Waals surface area contributed by atoms with Crippen molar-refractivity contribution in [3.05, 3.63) is 29.8 Å². The minimum Gasteiger partial charge on any atom is -0.341 e. The predicted octanol–water partition coefficient (Wildman–Crippen LogP) is 2.76. The molecule has 2 rings (SSSR count). The van der Waals surface area contributed by atoms with Crippen LogP contribution in [0.1, 0.15) is 25.3 Å². The molecule has 1 aromatic carbocycles. The van der Waals surface area contributed by atoms with E-state index in [1.807, 2.05) is 11.9 Å². The quantitative estimate of drug-likeness (QED) is 0.847. The van der Waals surface area contributed by atoms with Crippen molar-refractivity contribution in [2.75, 3.05) is 26.4 Å². The number of nitrogens with zero attached hydrogens (tertiary/aromatic N) is 1. The molecule has 110 valence electrons. The lowest BCUT2D eigenvalue weighted by molar-refractivity contribution is -0.140. The molecular formula is C16H24N2OS. The second-order valence-corrected chi connectivity index (χ2v) is 6.45. The van der Waals surface area contributed by atoms with Crippen LogP contribution in [0.2, 0.25) is 0 Å². The monoisotopic (exact) mass is 292 g/mol. The molecule has 1 heterocycles. The zero-order chi connectivity index (χ0) is 14.6. The number of nitrogens with one attached hydrogen (secondary N) is 1. The highest BCUT2D eigenvalue weighted by Gasteiger charge is 2.41. The van der Waals surface area contributed by atoms with Crippen molar-refractivity contribution >= 4 is 17.7 Å². The van der Waals surface area contributed by atoms with Gasteiger partial charge >= 0.3 is 0 Å². The van der Waals surface area contributed by atoms with E-state index in [0.29, 0.717) is 6.54 Å². The summed E-state index contributed by atoms with van der Waals surface area (Å²) in [6.07, 6.45) is 3.94. The molecule has 20 heavy (non-hydrogen) atoms. The Kier molecular flexibility index (Phi) is 5.11. The number of benzene rings is 1. The van der Waals surface area contributed by atoms with E-state index in [0.717, 1.165) is 25.9 Å². The molecule has 0 aliphatic carbocycles. The summed E-state index contributed by atoms with van der Waals surface area (Å²) in [6, 6.07) is 8.46. The first-order valence-corrected chi connectivity index (χ1v) is 8.43. The number of amides is 1. The van der Waals surface area contributed by atoms with Crippen LogP contribution in [0.25, 0.3) is 0 Å². The van der Waals surface area contributed by atoms with Gasteiger partial charge in [-0.15, -0.1) is 11.8 Å². The molecule has 0 bridgehead atoms. The van der Waals surface area contributed by atoms with Gasteiger partial charge in [0, 0.05) is 25.0 Å². The maximum absolute atomic E-state index is 12.7. The number of rotatable bonds is 5. The van der Waals surface area contributed by atoms with Crippen molar-refractivity contribution < 1.29 is 4.79 Å². The SMILES string of the molecule is CCC1(C(=O)N(C)Cc2ccc(SC)cc2)CCNC1. The van der Waals surface area contributed by atoms with Crippen LogP contribution in [0, 0.1) is 5.41 Å². The molecule has 1 saturated heterocycles. The second kappa shape index (κ2) is 6.64. The highest BCUT2D eigenvalue weighted by Crippen LogP contribution is 2.31. The highest BCUT2D eigenvalue weighted by molar-refractivity contribution is 7.98. The van der Waals surface area contributed by atoms with E-state index in [2.05, 4.69) is 42.8 Å². The fraction of sp³-hybridized carbons (Fsp3) is 0.562. The predicted molar refractivity (Wildman–Crippen MR) is 84.9 cm³/mol. The maximum atomic E-state index is 12.7. The van der Waals surface area contributed by atoms with Crippen molar-refractivity contribution in [2.24, 2.45) is 5.41 Å². The molecule has 3 nitrogen and oxygen atoms in total. The van der Waals surface area contributed by atoms with Crippen LogP contribution in [0.15, 0.2) is 29.2 Å². The van der Waals surface area contributed by atoms with Gasteiger partial charge in [0.1, 0.15) is 0 Å². The first kappa shape index (κ1) is 15.4. The van der Waals surface area contributed by atoms with Crippen LogP contribution in [0.5, 0.6) is 0 Å². The minimum absolute atomic E-state index is 0.187. The Morgan fingerprint density at radius 2 is 2.10 bits per heavy atom. The Hall–Kier alpha value is -1.00. The molecular weight excluding hydrogens is 268 g/mol. The summed E-state index contributed by atoms with van der Waals surface area (Å²) < 4.78 is 0. The van der Waals surface area contributed by atoms with E-state index in [4.69, 9.17) is 0 Å². The first-order valence-electron chi connectivity index (χ1n) is 7.20. The van der Waals surface area contributed by atoms with Gasteiger partial charge in [-0.3, -0.25) is 4.79 Å². The molecule has 0 radical (unpaired) electrons. The molecule has 1 unspecified atom stereocenters. The van der Waals surface area contributed by atoms with Gasteiger partial charge in [0.05, 0.1) is 5.41 Å². The maximum Gasteiger partial charge on any atom is 0.230 e. The second-order valence-electron chi connectivity index (χ2n) is 5.57. The van der Waals surface area contributed by atoms with Gasteiger partial charge in [-0.05, 0) is 43.3 Å². The van der Waals surface area contributed by atoms with Gasteiger partial charge in [-0.25, -0.2) is 0 Å². The van der Waals surface area contributed by atoms with Gasteiger partial charge in [0.2, 0.25) is 5.91 Å². The van der Waals surface area contributed by atoms with Crippen LogP contribution < -0.4 is 5.32 Å². The molecule has 1 aliphatic heterocycles. The standard InChI is InChI=1S/C16H24N2OS/c1-4-16(9-10-17-12-16)15(19)18(2)11-13-5-7-14(20-3)8-6-13/h5-8,17H,4,9-12H2,1-3H3. The summed E-state index contributed by atoms with van der Waals surface area (Å²) in [7, 11) is 1.92. The molecule has 0 spiro atoms. The van der Waals surface area contributed by atoms with E-state index >= 15 is 0 Å². The molecule has 1 aliphatic rings. The Labute approximate surface area is 126 Å². The first-order chi connectivity index (χ1) is 9.61. The third-order valence-electron chi connectivity index (χ3n) is 4.30. The summed E-state index contributed by atoms with van der Waals surface area (Å²) in [5.41, 5.74) is 1.00. The summed E-state index contributed by atoms with van der Waals surface area (Å²) >= 11 is 1.74. The molecule has 1 fully saturated rings. The number of carbonyl (C=O) groups is 1. The van der Waals surface area contributed by atoms with Gasteiger partial charge < -0.3 is 10.2 Å². The van der Waals surface area contributed by atoms with Crippen molar-refractivity contribution in [2.45, 2.75) is 31.2 Å². The number of carbonyl (C=O) groups excluding carboxylic acids is 1. The van der Waals surface area contributed by atoms with Crippen LogP contribution in [-0.4, -0.2) is 37.2 Å². The normalized spacial score (nSPS) is 21.9. The largest absolute Gasteiger partial charge is 0.341 e. The smallest absolute Gasteiger partial charge is 0.230 e. The van der Waals surface area contributed by atoms with E-state index in [1.54, 1.807) is 11.8 Å². The Morgan fingerprint density at radius 1 is 1.40 bits per heavy atom. The number of hydrogen-bond donors (Lipinski definition) is 1. The molecule has 1 atom stereocenters. The van der Waals surface area contributed by atoms with E-state index < -0.39 is 0 Å². The lowest BCUT2D eigenvalue weighted by Crippen LogP contribution is -2.42. The van der Waals surface area contributed by atoms with Crippen molar-refractivity contribution in [1.82, 2.24) is 10.2 Å². The zero-order valence-electron chi connectivity index (χ0n) is 12.6. The van der Waals surface area contributed by atoms with Gasteiger partial charge in [0.25, 0.3) is 0 Å².